The van der Waals surface area contributed by atoms with Crippen molar-refractivity contribution in [3.63, 3.8) is 0 Å². The summed E-state index contributed by atoms with van der Waals surface area (Å²) in [6.45, 7) is 2.65. The maximum absolute atomic E-state index is 13.7. The summed E-state index contributed by atoms with van der Waals surface area (Å²) in [5.41, 5.74) is 0.683. The highest BCUT2D eigenvalue weighted by Gasteiger charge is 2.34. The maximum Gasteiger partial charge on any atom is 0.213 e. The summed E-state index contributed by atoms with van der Waals surface area (Å²) in [5.74, 6) is 0.596. The van der Waals surface area contributed by atoms with Gasteiger partial charge in [0.2, 0.25) is 9.84 Å². The molecular weight excluding hydrogens is 505 g/mol. The minimum atomic E-state index is -3.72. The van der Waals surface area contributed by atoms with E-state index < -0.39 is 15.3 Å². The van der Waals surface area contributed by atoms with Crippen LogP contribution in [0.1, 0.15) is 19.3 Å². The Kier molecular flexibility index (Phi) is 8.73. The van der Waals surface area contributed by atoms with Crippen molar-refractivity contribution >= 4 is 50.2 Å². The number of pyridine rings is 1. The van der Waals surface area contributed by atoms with Crippen LogP contribution in [0.15, 0.2) is 71.8 Å². The summed E-state index contributed by atoms with van der Waals surface area (Å²) in [7, 11) is -3.72. The van der Waals surface area contributed by atoms with Gasteiger partial charge in [0.15, 0.2) is 5.50 Å². The molecule has 10 heteroatoms. The van der Waals surface area contributed by atoms with Crippen LogP contribution < -0.4 is 16.0 Å². The summed E-state index contributed by atoms with van der Waals surface area (Å²) in [4.78, 5) is 6.67. The van der Waals surface area contributed by atoms with E-state index in [4.69, 9.17) is 23.2 Å². The number of hydrogen-bond acceptors (Lipinski definition) is 7. The predicted molar refractivity (Wildman–Crippen MR) is 144 cm³/mol. The second kappa shape index (κ2) is 11.9. The van der Waals surface area contributed by atoms with Crippen molar-refractivity contribution in [1.29, 1.82) is 0 Å². The quantitative estimate of drug-likeness (QED) is 0.293. The number of anilines is 3. The molecule has 1 aliphatic rings. The van der Waals surface area contributed by atoms with Gasteiger partial charge in [-0.1, -0.05) is 29.6 Å². The molecule has 0 radical (unpaired) electrons. The first-order valence-electron chi connectivity index (χ1n) is 11.6. The lowest BCUT2D eigenvalue weighted by Crippen LogP contribution is -2.48. The van der Waals surface area contributed by atoms with Crippen LogP contribution in [0.3, 0.4) is 0 Å². The molecule has 3 aromatic rings. The third kappa shape index (κ3) is 6.79. The molecule has 4 rings (SSSR count). The summed E-state index contributed by atoms with van der Waals surface area (Å²) in [6.07, 6.45) is 4.71. The number of aromatic nitrogens is 1. The topological polar surface area (TPSA) is 86.4 Å². The number of rotatable bonds is 10. The van der Waals surface area contributed by atoms with Gasteiger partial charge in [0, 0.05) is 48.1 Å². The highest BCUT2D eigenvalue weighted by molar-refractivity contribution is 7.92. The highest BCUT2D eigenvalue weighted by atomic mass is 35.5. The number of piperidine rings is 1. The Hall–Kier alpha value is -2.52. The van der Waals surface area contributed by atoms with Crippen molar-refractivity contribution in [3.8, 4) is 0 Å². The van der Waals surface area contributed by atoms with Gasteiger partial charge < -0.3 is 16.0 Å². The molecule has 0 saturated carbocycles. The van der Waals surface area contributed by atoms with Crippen molar-refractivity contribution in [3.05, 3.63) is 76.9 Å². The second-order valence-corrected chi connectivity index (χ2v) is 11.2. The van der Waals surface area contributed by atoms with Crippen LogP contribution in [-0.2, 0) is 9.84 Å². The molecule has 2 heterocycles. The molecule has 186 valence electrons. The smallest absolute Gasteiger partial charge is 0.213 e. The molecule has 3 N–H and O–H groups in total. The van der Waals surface area contributed by atoms with Crippen LogP contribution >= 0.6 is 23.2 Å². The van der Waals surface area contributed by atoms with Crippen LogP contribution in [0.5, 0.6) is 0 Å². The molecular formula is C25H29Cl2N5O2S. The molecule has 2 aromatic carbocycles. The van der Waals surface area contributed by atoms with E-state index >= 15 is 0 Å². The Bertz CT molecular complexity index is 1200. The van der Waals surface area contributed by atoms with E-state index in [2.05, 4.69) is 20.9 Å². The van der Waals surface area contributed by atoms with Crippen LogP contribution in [0.25, 0.3) is 0 Å². The Morgan fingerprint density at radius 3 is 2.17 bits per heavy atom. The van der Waals surface area contributed by atoms with Crippen LogP contribution in [0.2, 0.25) is 10.0 Å². The van der Waals surface area contributed by atoms with E-state index in [0.717, 1.165) is 24.9 Å². The summed E-state index contributed by atoms with van der Waals surface area (Å²) in [5, 5.41) is 11.1. The Morgan fingerprint density at radius 2 is 1.49 bits per heavy atom. The van der Waals surface area contributed by atoms with Crippen LogP contribution in [-0.4, -0.2) is 50.0 Å². The van der Waals surface area contributed by atoms with Crippen molar-refractivity contribution in [2.45, 2.75) is 29.7 Å². The van der Waals surface area contributed by atoms with E-state index in [1.807, 2.05) is 35.2 Å². The number of benzene rings is 2. The van der Waals surface area contributed by atoms with Crippen LogP contribution in [0, 0.1) is 0 Å². The summed E-state index contributed by atoms with van der Waals surface area (Å²) < 4.78 is 27.4. The van der Waals surface area contributed by atoms with Crippen molar-refractivity contribution < 1.29 is 8.42 Å². The van der Waals surface area contributed by atoms with Gasteiger partial charge in [-0.05, 0) is 73.5 Å². The number of sulfone groups is 1. The van der Waals surface area contributed by atoms with Crippen molar-refractivity contribution in [2.24, 2.45) is 0 Å². The Labute approximate surface area is 216 Å². The van der Waals surface area contributed by atoms with Crippen LogP contribution in [0.4, 0.5) is 17.2 Å². The number of hydrogen-bond donors (Lipinski definition) is 3. The lowest BCUT2D eigenvalue weighted by Gasteiger charge is -2.35. The first kappa shape index (κ1) is 25.6. The third-order valence-corrected chi connectivity index (χ3v) is 8.27. The number of halogens is 2. The first-order valence-corrected chi connectivity index (χ1v) is 13.9. The second-order valence-electron chi connectivity index (χ2n) is 8.35. The minimum Gasteiger partial charge on any atom is -0.383 e. The van der Waals surface area contributed by atoms with Gasteiger partial charge in [0.05, 0.1) is 10.6 Å². The lowest BCUT2D eigenvalue weighted by atomic mass is 10.1. The standard InChI is InChI=1S/C25H29Cl2N5O2S/c26-19-6-10-21(11-7-19)28-15-16-30-24-23(5-4-14-29-24)31-25(32-17-2-1-3-18-32)35(33,34)22-12-8-20(27)9-13-22/h4-14,25,28,31H,1-3,15-18H2,(H,29,30). The average Bonchev–Trinajstić information content (AvgIpc) is 2.87. The van der Waals surface area contributed by atoms with E-state index in [0.29, 0.717) is 47.7 Å². The van der Waals surface area contributed by atoms with Gasteiger partial charge in [0.1, 0.15) is 5.82 Å². The van der Waals surface area contributed by atoms with E-state index in [-0.39, 0.29) is 4.90 Å². The number of nitrogens with zero attached hydrogens (tertiary/aromatic N) is 2. The fraction of sp³-hybridized carbons (Fsp3) is 0.320. The zero-order valence-electron chi connectivity index (χ0n) is 19.3. The fourth-order valence-electron chi connectivity index (χ4n) is 4.02. The molecule has 7 nitrogen and oxygen atoms in total. The molecule has 1 aliphatic heterocycles. The molecule has 1 saturated heterocycles. The highest BCUT2D eigenvalue weighted by Crippen LogP contribution is 2.27. The van der Waals surface area contributed by atoms with E-state index in [1.165, 1.54) is 0 Å². The molecule has 1 atom stereocenters. The SMILES string of the molecule is O=S(=O)(c1ccc(Cl)cc1)C(Nc1cccnc1NCCNc1ccc(Cl)cc1)N1CCCCC1. The summed E-state index contributed by atoms with van der Waals surface area (Å²) in [6, 6.07) is 17.5. The minimum absolute atomic E-state index is 0.232. The fourth-order valence-corrected chi connectivity index (χ4v) is 5.93. The van der Waals surface area contributed by atoms with Gasteiger partial charge >= 0.3 is 0 Å². The number of likely N-dealkylation sites (tertiary alicyclic amines) is 1. The molecule has 1 aromatic heterocycles. The Morgan fingerprint density at radius 1 is 0.857 bits per heavy atom. The van der Waals surface area contributed by atoms with Gasteiger partial charge in [-0.15, -0.1) is 0 Å². The normalized spacial score (nSPS) is 15.4. The van der Waals surface area contributed by atoms with Gasteiger partial charge in [-0.25, -0.2) is 13.4 Å². The first-order chi connectivity index (χ1) is 16.9. The Balaban J connectivity index is 1.50. The zero-order chi connectivity index (χ0) is 24.7. The van der Waals surface area contributed by atoms with Gasteiger partial charge in [0.25, 0.3) is 0 Å². The molecule has 0 aliphatic carbocycles. The van der Waals surface area contributed by atoms with Crippen molar-refractivity contribution in [2.75, 3.05) is 42.1 Å². The zero-order valence-corrected chi connectivity index (χ0v) is 21.6. The molecule has 0 amide bonds. The summed E-state index contributed by atoms with van der Waals surface area (Å²) >= 11 is 11.9. The monoisotopic (exact) mass is 533 g/mol. The lowest BCUT2D eigenvalue weighted by molar-refractivity contribution is 0.219. The number of nitrogens with one attached hydrogen (secondary N) is 3. The molecule has 1 fully saturated rings. The van der Waals surface area contributed by atoms with E-state index in [1.54, 1.807) is 36.5 Å². The maximum atomic E-state index is 13.7. The largest absolute Gasteiger partial charge is 0.383 e. The van der Waals surface area contributed by atoms with Crippen molar-refractivity contribution in [1.82, 2.24) is 9.88 Å². The van der Waals surface area contributed by atoms with Gasteiger partial charge in [-0.2, -0.15) is 0 Å². The average molecular weight is 535 g/mol. The third-order valence-electron chi connectivity index (χ3n) is 5.84. The van der Waals surface area contributed by atoms with E-state index in [9.17, 15) is 8.42 Å². The molecule has 0 spiro atoms. The molecule has 1 unspecified atom stereocenters. The molecule has 0 bridgehead atoms. The predicted octanol–water partition coefficient (Wildman–Crippen LogP) is 5.57. The molecule has 35 heavy (non-hydrogen) atoms. The van der Waals surface area contributed by atoms with Gasteiger partial charge in [-0.3, -0.25) is 4.90 Å².